The molecule has 1 atom stereocenters. The summed E-state index contributed by atoms with van der Waals surface area (Å²) in [5.74, 6) is 0.342. The Labute approximate surface area is 145 Å². The zero-order valence-corrected chi connectivity index (χ0v) is 15.6. The van der Waals surface area contributed by atoms with Gasteiger partial charge >= 0.3 is 0 Å². The lowest BCUT2D eigenvalue weighted by molar-refractivity contribution is -0.121. The predicted molar refractivity (Wildman–Crippen MR) is 95.2 cm³/mol. The zero-order chi connectivity index (χ0) is 17.7. The molecule has 6 heteroatoms. The van der Waals surface area contributed by atoms with Gasteiger partial charge in [0, 0.05) is 19.1 Å². The molecule has 0 bridgehead atoms. The highest BCUT2D eigenvalue weighted by atomic mass is 32.2. The molecule has 5 nitrogen and oxygen atoms in total. The molecule has 0 aromatic heterocycles. The maximum atomic E-state index is 12.6. The van der Waals surface area contributed by atoms with Gasteiger partial charge in [-0.3, -0.25) is 4.79 Å². The lowest BCUT2D eigenvalue weighted by atomic mass is 10.1. The van der Waals surface area contributed by atoms with Gasteiger partial charge in [-0.15, -0.1) is 0 Å². The molecule has 0 spiro atoms. The first-order chi connectivity index (χ1) is 11.3. The van der Waals surface area contributed by atoms with Gasteiger partial charge in [-0.05, 0) is 43.4 Å². The Balaban J connectivity index is 2.01. The molecule has 1 aliphatic rings. The zero-order valence-electron chi connectivity index (χ0n) is 14.8. The van der Waals surface area contributed by atoms with Gasteiger partial charge in [0.05, 0.1) is 11.3 Å². The third kappa shape index (κ3) is 4.80. The number of sulfonamides is 1. The molecular weight excluding hydrogens is 324 g/mol. The summed E-state index contributed by atoms with van der Waals surface area (Å²) < 4.78 is 26.7. The minimum Gasteiger partial charge on any atom is -0.353 e. The van der Waals surface area contributed by atoms with Crippen molar-refractivity contribution in [2.24, 2.45) is 5.92 Å². The molecule has 24 heavy (non-hydrogen) atoms. The van der Waals surface area contributed by atoms with Gasteiger partial charge in [0.15, 0.2) is 0 Å². The van der Waals surface area contributed by atoms with E-state index < -0.39 is 10.0 Å². The van der Waals surface area contributed by atoms with Crippen LogP contribution in [0.25, 0.3) is 0 Å². The Hall–Kier alpha value is -1.40. The van der Waals surface area contributed by atoms with Crippen molar-refractivity contribution in [3.8, 4) is 0 Å². The van der Waals surface area contributed by atoms with E-state index >= 15 is 0 Å². The van der Waals surface area contributed by atoms with Gasteiger partial charge in [-0.1, -0.05) is 32.4 Å². The summed E-state index contributed by atoms with van der Waals surface area (Å²) in [6, 6.07) is 6.81. The maximum absolute atomic E-state index is 12.6. The van der Waals surface area contributed by atoms with Crippen LogP contribution in [-0.2, 0) is 21.2 Å². The topological polar surface area (TPSA) is 66.5 Å². The van der Waals surface area contributed by atoms with Crippen LogP contribution in [0.15, 0.2) is 29.2 Å². The van der Waals surface area contributed by atoms with Crippen molar-refractivity contribution in [1.82, 2.24) is 9.62 Å². The Morgan fingerprint density at radius 2 is 1.67 bits per heavy atom. The lowest BCUT2D eigenvalue weighted by Crippen LogP contribution is -2.37. The van der Waals surface area contributed by atoms with Crippen LogP contribution in [-0.4, -0.2) is 37.8 Å². The maximum Gasteiger partial charge on any atom is 0.243 e. The second kappa shape index (κ2) is 8.12. The standard InChI is InChI=1S/C18H28N2O3S/c1-14(2)15(3)19-18(21)13-16-7-9-17(10-8-16)24(22,23)20-11-5-4-6-12-20/h7-10,14-15H,4-6,11-13H2,1-3H3,(H,19,21). The van der Waals surface area contributed by atoms with Crippen molar-refractivity contribution in [3.63, 3.8) is 0 Å². The minimum atomic E-state index is -3.40. The van der Waals surface area contributed by atoms with Crippen molar-refractivity contribution in [3.05, 3.63) is 29.8 Å². The summed E-state index contributed by atoms with van der Waals surface area (Å²) in [6.45, 7) is 7.30. The van der Waals surface area contributed by atoms with E-state index in [1.54, 1.807) is 28.6 Å². The van der Waals surface area contributed by atoms with Gasteiger partial charge in [0.2, 0.25) is 15.9 Å². The summed E-state index contributed by atoms with van der Waals surface area (Å²) in [5.41, 5.74) is 0.820. The molecule has 1 unspecified atom stereocenters. The number of rotatable bonds is 6. The average Bonchev–Trinajstić information content (AvgIpc) is 2.56. The molecule has 1 aromatic rings. The van der Waals surface area contributed by atoms with E-state index in [-0.39, 0.29) is 18.4 Å². The number of amides is 1. The summed E-state index contributed by atoms with van der Waals surface area (Å²) >= 11 is 0. The number of hydrogen-bond acceptors (Lipinski definition) is 3. The molecule has 1 aliphatic heterocycles. The number of carbonyl (C=O) groups excluding carboxylic acids is 1. The van der Waals surface area contributed by atoms with Crippen LogP contribution in [0.2, 0.25) is 0 Å². The molecule has 0 saturated carbocycles. The molecule has 1 N–H and O–H groups in total. The number of benzene rings is 1. The van der Waals surface area contributed by atoms with E-state index in [0.717, 1.165) is 24.8 Å². The van der Waals surface area contributed by atoms with E-state index in [2.05, 4.69) is 19.2 Å². The Morgan fingerprint density at radius 3 is 2.21 bits per heavy atom. The largest absolute Gasteiger partial charge is 0.353 e. The molecule has 0 radical (unpaired) electrons. The number of hydrogen-bond donors (Lipinski definition) is 1. The smallest absolute Gasteiger partial charge is 0.243 e. The van der Waals surface area contributed by atoms with Gasteiger partial charge in [0.25, 0.3) is 0 Å². The Morgan fingerprint density at radius 1 is 1.08 bits per heavy atom. The van der Waals surface area contributed by atoms with Crippen LogP contribution in [0.4, 0.5) is 0 Å². The van der Waals surface area contributed by atoms with Gasteiger partial charge < -0.3 is 5.32 Å². The molecule has 1 heterocycles. The van der Waals surface area contributed by atoms with Gasteiger partial charge in [0.1, 0.15) is 0 Å². The molecule has 1 fully saturated rings. The van der Waals surface area contributed by atoms with Crippen molar-refractivity contribution in [2.75, 3.05) is 13.1 Å². The highest BCUT2D eigenvalue weighted by Gasteiger charge is 2.25. The SMILES string of the molecule is CC(C)C(C)NC(=O)Cc1ccc(S(=O)(=O)N2CCCCC2)cc1. The molecule has 2 rings (SSSR count). The first-order valence-electron chi connectivity index (χ1n) is 8.69. The Bertz CT molecular complexity index is 647. The fourth-order valence-corrected chi connectivity index (χ4v) is 4.21. The first kappa shape index (κ1) is 18.9. The Kier molecular flexibility index (Phi) is 6.40. The third-order valence-electron chi connectivity index (χ3n) is 4.63. The molecule has 134 valence electrons. The summed E-state index contributed by atoms with van der Waals surface area (Å²) in [4.78, 5) is 12.3. The van der Waals surface area contributed by atoms with Crippen molar-refractivity contribution < 1.29 is 13.2 Å². The molecule has 1 amide bonds. The molecular formula is C18H28N2O3S. The predicted octanol–water partition coefficient (Wildman–Crippen LogP) is 2.56. The van der Waals surface area contributed by atoms with E-state index in [0.29, 0.717) is 23.9 Å². The monoisotopic (exact) mass is 352 g/mol. The second-order valence-corrected chi connectivity index (χ2v) is 8.82. The van der Waals surface area contributed by atoms with Crippen LogP contribution in [0, 0.1) is 5.92 Å². The fraction of sp³-hybridized carbons (Fsp3) is 0.611. The second-order valence-electron chi connectivity index (χ2n) is 6.89. The number of nitrogens with zero attached hydrogens (tertiary/aromatic N) is 1. The number of carbonyl (C=O) groups is 1. The number of piperidine rings is 1. The minimum absolute atomic E-state index is 0.0390. The van der Waals surface area contributed by atoms with E-state index in [4.69, 9.17) is 0 Å². The third-order valence-corrected chi connectivity index (χ3v) is 6.54. The van der Waals surface area contributed by atoms with Crippen LogP contribution in [0.3, 0.4) is 0 Å². The summed E-state index contributed by atoms with van der Waals surface area (Å²) in [6.07, 6.45) is 3.20. The van der Waals surface area contributed by atoms with Crippen LogP contribution < -0.4 is 5.32 Å². The molecule has 1 aromatic carbocycles. The quantitative estimate of drug-likeness (QED) is 0.856. The van der Waals surface area contributed by atoms with E-state index in [9.17, 15) is 13.2 Å². The highest BCUT2D eigenvalue weighted by molar-refractivity contribution is 7.89. The number of nitrogens with one attached hydrogen (secondary N) is 1. The van der Waals surface area contributed by atoms with Crippen LogP contribution >= 0.6 is 0 Å². The van der Waals surface area contributed by atoms with Crippen molar-refractivity contribution in [1.29, 1.82) is 0 Å². The van der Waals surface area contributed by atoms with Crippen LogP contribution in [0.1, 0.15) is 45.6 Å². The first-order valence-corrected chi connectivity index (χ1v) is 10.1. The van der Waals surface area contributed by atoms with Crippen molar-refractivity contribution in [2.45, 2.75) is 57.4 Å². The molecule has 1 saturated heterocycles. The normalized spacial score (nSPS) is 17.7. The van der Waals surface area contributed by atoms with Crippen LogP contribution in [0.5, 0.6) is 0 Å². The van der Waals surface area contributed by atoms with Gasteiger partial charge in [-0.2, -0.15) is 4.31 Å². The summed E-state index contributed by atoms with van der Waals surface area (Å²) in [5, 5.41) is 2.96. The van der Waals surface area contributed by atoms with Crippen molar-refractivity contribution >= 4 is 15.9 Å². The fourth-order valence-electron chi connectivity index (χ4n) is 2.69. The lowest BCUT2D eigenvalue weighted by Gasteiger charge is -2.25. The average molecular weight is 353 g/mol. The molecule has 0 aliphatic carbocycles. The van der Waals surface area contributed by atoms with Gasteiger partial charge in [-0.25, -0.2) is 8.42 Å². The van der Waals surface area contributed by atoms with E-state index in [1.165, 1.54) is 0 Å². The summed E-state index contributed by atoms with van der Waals surface area (Å²) in [7, 11) is -3.40. The van der Waals surface area contributed by atoms with E-state index in [1.807, 2.05) is 6.92 Å². The highest BCUT2D eigenvalue weighted by Crippen LogP contribution is 2.21.